The van der Waals surface area contributed by atoms with Crippen LogP contribution >= 0.6 is 0 Å². The van der Waals surface area contributed by atoms with Crippen molar-refractivity contribution in [2.24, 2.45) is 0 Å². The first-order valence-corrected chi connectivity index (χ1v) is 12.4. The molecule has 37 heavy (non-hydrogen) atoms. The highest BCUT2D eigenvalue weighted by molar-refractivity contribution is 7.92. The maximum Gasteiger partial charge on any atom is 0.416 e. The first kappa shape index (κ1) is 27.7. The van der Waals surface area contributed by atoms with E-state index in [2.05, 4.69) is 10.0 Å². The largest absolute Gasteiger partial charge is 0.493 e. The molecule has 2 N–H and O–H groups in total. The summed E-state index contributed by atoms with van der Waals surface area (Å²) in [6.07, 6.45) is -4.05. The molecule has 0 aliphatic carbocycles. The lowest BCUT2D eigenvalue weighted by Gasteiger charge is -2.12. The summed E-state index contributed by atoms with van der Waals surface area (Å²) in [5.74, 6) is 1.07. The molecule has 0 atom stereocenters. The van der Waals surface area contributed by atoms with Gasteiger partial charge in [-0.2, -0.15) is 13.2 Å². The van der Waals surface area contributed by atoms with E-state index >= 15 is 0 Å². The van der Waals surface area contributed by atoms with Gasteiger partial charge in [-0.15, -0.1) is 0 Å². The van der Waals surface area contributed by atoms with Gasteiger partial charge >= 0.3 is 6.18 Å². The quantitative estimate of drug-likeness (QED) is 0.378. The second-order valence-electron chi connectivity index (χ2n) is 7.73. The summed E-state index contributed by atoms with van der Waals surface area (Å²) >= 11 is 0. The van der Waals surface area contributed by atoms with Gasteiger partial charge in [0.2, 0.25) is 0 Å². The van der Waals surface area contributed by atoms with Crippen LogP contribution in [0.5, 0.6) is 17.2 Å². The number of hydrogen-bond donors (Lipinski definition) is 2. The Morgan fingerprint density at radius 3 is 2.27 bits per heavy atom. The number of methoxy groups -OCH3 is 2. The van der Waals surface area contributed by atoms with Gasteiger partial charge in [-0.3, -0.25) is 9.52 Å². The number of amides is 1. The fourth-order valence-electron chi connectivity index (χ4n) is 3.27. The monoisotopic (exact) mass is 538 g/mol. The second-order valence-corrected chi connectivity index (χ2v) is 9.42. The van der Waals surface area contributed by atoms with Crippen molar-refractivity contribution in [3.05, 3.63) is 77.9 Å². The fourth-order valence-corrected chi connectivity index (χ4v) is 4.32. The molecule has 8 nitrogen and oxygen atoms in total. The zero-order valence-electron chi connectivity index (χ0n) is 20.0. The topological polar surface area (TPSA) is 103 Å². The van der Waals surface area contributed by atoms with Crippen LogP contribution in [-0.4, -0.2) is 41.7 Å². The van der Waals surface area contributed by atoms with E-state index < -0.39 is 21.8 Å². The smallest absolute Gasteiger partial charge is 0.416 e. The average Bonchev–Trinajstić information content (AvgIpc) is 2.87. The van der Waals surface area contributed by atoms with Gasteiger partial charge in [0.1, 0.15) is 5.75 Å². The molecule has 0 aromatic heterocycles. The minimum absolute atomic E-state index is 0.184. The van der Waals surface area contributed by atoms with Gasteiger partial charge in [-0.25, -0.2) is 8.42 Å². The highest BCUT2D eigenvalue weighted by Gasteiger charge is 2.30. The SMILES string of the molecule is COc1ccc(CCNC(=O)COc2ccc(S(=O)(=O)Nc3cccc(C(F)(F)F)c3)cc2)cc1OC. The van der Waals surface area contributed by atoms with Crippen LogP contribution in [0.3, 0.4) is 0 Å². The van der Waals surface area contributed by atoms with Crippen molar-refractivity contribution in [2.45, 2.75) is 17.5 Å². The summed E-state index contributed by atoms with van der Waals surface area (Å²) in [6, 6.07) is 14.5. The number of sulfonamides is 1. The van der Waals surface area contributed by atoms with E-state index in [4.69, 9.17) is 14.2 Å². The molecule has 0 aliphatic heterocycles. The molecule has 0 saturated heterocycles. The summed E-state index contributed by atoms with van der Waals surface area (Å²) in [6.45, 7) is 0.0661. The molecule has 0 fully saturated rings. The zero-order chi connectivity index (χ0) is 27.1. The van der Waals surface area contributed by atoms with Crippen LogP contribution in [0.4, 0.5) is 18.9 Å². The Morgan fingerprint density at radius 2 is 1.62 bits per heavy atom. The molecule has 3 rings (SSSR count). The van der Waals surface area contributed by atoms with Gasteiger partial charge in [-0.05, 0) is 66.6 Å². The highest BCUT2D eigenvalue weighted by atomic mass is 32.2. The number of hydrogen-bond acceptors (Lipinski definition) is 6. The molecule has 0 heterocycles. The first-order valence-electron chi connectivity index (χ1n) is 10.9. The summed E-state index contributed by atoms with van der Waals surface area (Å²) in [4.78, 5) is 11.9. The third-order valence-corrected chi connectivity index (χ3v) is 6.53. The van der Waals surface area contributed by atoms with Crippen molar-refractivity contribution < 1.29 is 40.6 Å². The van der Waals surface area contributed by atoms with E-state index in [1.165, 1.54) is 37.4 Å². The highest BCUT2D eigenvalue weighted by Crippen LogP contribution is 2.31. The molecule has 0 unspecified atom stereocenters. The molecule has 3 aromatic carbocycles. The lowest BCUT2D eigenvalue weighted by Crippen LogP contribution is -2.30. The maximum absolute atomic E-state index is 12.9. The fraction of sp³-hybridized carbons (Fsp3) is 0.240. The lowest BCUT2D eigenvalue weighted by molar-refractivity contribution is -0.137. The van der Waals surface area contributed by atoms with Crippen molar-refractivity contribution in [3.63, 3.8) is 0 Å². The van der Waals surface area contributed by atoms with Gasteiger partial charge in [0, 0.05) is 12.2 Å². The Hall–Kier alpha value is -3.93. The van der Waals surface area contributed by atoms with Crippen LogP contribution < -0.4 is 24.2 Å². The number of carbonyl (C=O) groups is 1. The predicted octanol–water partition coefficient (Wildman–Crippen LogP) is 4.26. The van der Waals surface area contributed by atoms with Crippen molar-refractivity contribution in [2.75, 3.05) is 32.1 Å². The lowest BCUT2D eigenvalue weighted by atomic mass is 10.1. The number of anilines is 1. The summed E-state index contributed by atoms with van der Waals surface area (Å²) in [5, 5.41) is 2.72. The number of benzene rings is 3. The van der Waals surface area contributed by atoms with Crippen LogP contribution in [0.25, 0.3) is 0 Å². The number of halogens is 3. The van der Waals surface area contributed by atoms with E-state index in [0.717, 1.165) is 17.7 Å². The third-order valence-electron chi connectivity index (χ3n) is 5.13. The Bertz CT molecular complexity index is 1330. The number of ether oxygens (including phenoxy) is 3. The van der Waals surface area contributed by atoms with Gasteiger partial charge in [0.25, 0.3) is 15.9 Å². The second kappa shape index (κ2) is 11.9. The molecule has 3 aromatic rings. The Labute approximate surface area is 212 Å². The van der Waals surface area contributed by atoms with Gasteiger partial charge in [-0.1, -0.05) is 12.1 Å². The normalized spacial score (nSPS) is 11.5. The standard InChI is InChI=1S/C25H25F3N2O6S/c1-34-22-11-6-17(14-23(22)35-2)12-13-29-24(31)16-36-20-7-9-21(10-8-20)37(32,33)30-19-5-3-4-18(15-19)25(26,27)28/h3-11,14-15,30H,12-13,16H2,1-2H3,(H,29,31). The van der Waals surface area contributed by atoms with Crippen molar-refractivity contribution in [1.29, 1.82) is 0 Å². The predicted molar refractivity (Wildman–Crippen MR) is 130 cm³/mol. The molecule has 1 amide bonds. The van der Waals surface area contributed by atoms with Gasteiger partial charge < -0.3 is 19.5 Å². The summed E-state index contributed by atoms with van der Waals surface area (Å²) in [5.41, 5.74) is -0.257. The van der Waals surface area contributed by atoms with E-state index in [-0.39, 0.29) is 28.8 Å². The molecule has 0 bridgehead atoms. The minimum atomic E-state index is -4.60. The summed E-state index contributed by atoms with van der Waals surface area (Å²) in [7, 11) is -1.06. The summed E-state index contributed by atoms with van der Waals surface area (Å²) < 4.78 is 81.6. The van der Waals surface area contributed by atoms with Crippen molar-refractivity contribution in [1.82, 2.24) is 5.32 Å². The van der Waals surface area contributed by atoms with E-state index in [1.807, 2.05) is 12.1 Å². The van der Waals surface area contributed by atoms with Crippen LogP contribution in [0.15, 0.2) is 71.6 Å². The average molecular weight is 539 g/mol. The Kier molecular flexibility index (Phi) is 8.87. The number of carbonyl (C=O) groups excluding carboxylic acids is 1. The van der Waals surface area contributed by atoms with Crippen molar-refractivity contribution in [3.8, 4) is 17.2 Å². The van der Waals surface area contributed by atoms with Crippen LogP contribution in [0.2, 0.25) is 0 Å². The minimum Gasteiger partial charge on any atom is -0.493 e. The number of alkyl halides is 3. The number of nitrogens with one attached hydrogen (secondary N) is 2. The van der Waals surface area contributed by atoms with E-state index in [1.54, 1.807) is 13.2 Å². The molecule has 12 heteroatoms. The molecular formula is C25H25F3N2O6S. The number of rotatable bonds is 11. The van der Waals surface area contributed by atoms with Gasteiger partial charge in [0.15, 0.2) is 18.1 Å². The molecule has 198 valence electrons. The molecular weight excluding hydrogens is 513 g/mol. The molecule has 0 radical (unpaired) electrons. The Morgan fingerprint density at radius 1 is 0.919 bits per heavy atom. The van der Waals surface area contributed by atoms with E-state index in [0.29, 0.717) is 30.5 Å². The Balaban J connectivity index is 1.50. The van der Waals surface area contributed by atoms with Gasteiger partial charge in [0.05, 0.1) is 24.7 Å². The molecule has 0 saturated carbocycles. The van der Waals surface area contributed by atoms with E-state index in [9.17, 15) is 26.4 Å². The third kappa shape index (κ3) is 7.78. The zero-order valence-corrected chi connectivity index (χ0v) is 20.8. The molecule has 0 spiro atoms. The van der Waals surface area contributed by atoms with Crippen LogP contribution in [0, 0.1) is 0 Å². The van der Waals surface area contributed by atoms with Crippen LogP contribution in [-0.2, 0) is 27.4 Å². The van der Waals surface area contributed by atoms with Crippen LogP contribution in [0.1, 0.15) is 11.1 Å². The first-order chi connectivity index (χ1) is 17.5. The maximum atomic E-state index is 12.9. The van der Waals surface area contributed by atoms with Crippen molar-refractivity contribution >= 4 is 21.6 Å². The molecule has 0 aliphatic rings.